The maximum Gasteiger partial charge on any atom is 0.0456 e. The fraction of sp³-hybridized carbons (Fsp3) is 0.667. The van der Waals surface area contributed by atoms with Gasteiger partial charge in [0.05, 0.1) is 0 Å². The Labute approximate surface area is 175 Å². The van der Waals surface area contributed by atoms with Gasteiger partial charge in [0.15, 0.2) is 0 Å². The van der Waals surface area contributed by atoms with Crippen molar-refractivity contribution in [2.24, 2.45) is 0 Å². The molecule has 5 rings (SSSR count). The van der Waals surface area contributed by atoms with E-state index in [4.69, 9.17) is 0 Å². The van der Waals surface area contributed by atoms with Crippen LogP contribution >= 0.6 is 0 Å². The lowest BCUT2D eigenvalue weighted by Crippen LogP contribution is -2.49. The number of likely N-dealkylation sites (tertiary alicyclic amines) is 2. The molecule has 5 nitrogen and oxygen atoms in total. The van der Waals surface area contributed by atoms with Gasteiger partial charge in [-0.3, -0.25) is 14.7 Å². The van der Waals surface area contributed by atoms with Crippen LogP contribution < -0.4 is 0 Å². The zero-order valence-corrected chi connectivity index (χ0v) is 18.1. The van der Waals surface area contributed by atoms with E-state index in [9.17, 15) is 0 Å². The molecule has 1 aromatic carbocycles. The van der Waals surface area contributed by atoms with Crippen LogP contribution in [0.1, 0.15) is 36.9 Å². The fourth-order valence-electron chi connectivity index (χ4n) is 5.48. The van der Waals surface area contributed by atoms with Crippen molar-refractivity contribution in [1.82, 2.24) is 24.6 Å². The SMILES string of the molecule is CN1CCN(CC2CCCN2Cc2ccc3[nH]c(CN4CCCC4)cc3c2)CC1. The molecule has 0 saturated carbocycles. The summed E-state index contributed by atoms with van der Waals surface area (Å²) in [6.45, 7) is 12.1. The molecule has 1 aromatic heterocycles. The van der Waals surface area contributed by atoms with E-state index in [1.54, 1.807) is 0 Å². The van der Waals surface area contributed by atoms with E-state index in [1.165, 1.54) is 100 Å². The molecule has 158 valence electrons. The molecular weight excluding hydrogens is 358 g/mol. The zero-order chi connectivity index (χ0) is 19.6. The van der Waals surface area contributed by atoms with Gasteiger partial charge in [-0.15, -0.1) is 0 Å². The molecule has 3 aliphatic rings. The van der Waals surface area contributed by atoms with E-state index in [-0.39, 0.29) is 0 Å². The lowest BCUT2D eigenvalue weighted by molar-refractivity contribution is 0.114. The van der Waals surface area contributed by atoms with Gasteiger partial charge in [0.2, 0.25) is 0 Å². The second-order valence-corrected chi connectivity index (χ2v) is 9.57. The smallest absolute Gasteiger partial charge is 0.0456 e. The summed E-state index contributed by atoms with van der Waals surface area (Å²) in [7, 11) is 2.24. The van der Waals surface area contributed by atoms with Crippen molar-refractivity contribution < 1.29 is 0 Å². The zero-order valence-electron chi connectivity index (χ0n) is 18.1. The Balaban J connectivity index is 1.22. The minimum absolute atomic E-state index is 0.728. The van der Waals surface area contributed by atoms with Crippen LogP contribution in [0.5, 0.6) is 0 Å². The topological polar surface area (TPSA) is 28.8 Å². The average molecular weight is 396 g/mol. The number of nitrogens with one attached hydrogen (secondary N) is 1. The van der Waals surface area contributed by atoms with Gasteiger partial charge in [0, 0.05) is 68.5 Å². The molecule has 1 N–H and O–H groups in total. The molecule has 2 aromatic rings. The van der Waals surface area contributed by atoms with E-state index in [0.29, 0.717) is 0 Å². The Bertz CT molecular complexity index is 801. The van der Waals surface area contributed by atoms with Crippen molar-refractivity contribution in [2.75, 3.05) is 59.4 Å². The summed E-state index contributed by atoms with van der Waals surface area (Å²) in [5, 5.41) is 1.38. The molecule has 4 heterocycles. The van der Waals surface area contributed by atoms with E-state index < -0.39 is 0 Å². The summed E-state index contributed by atoms with van der Waals surface area (Å²) >= 11 is 0. The van der Waals surface area contributed by atoms with Crippen molar-refractivity contribution in [3.63, 3.8) is 0 Å². The second kappa shape index (κ2) is 8.76. The largest absolute Gasteiger partial charge is 0.357 e. The quantitative estimate of drug-likeness (QED) is 0.814. The normalized spacial score (nSPS) is 25.5. The number of fused-ring (bicyclic) bond motifs is 1. The van der Waals surface area contributed by atoms with E-state index in [1.807, 2.05) is 0 Å². The van der Waals surface area contributed by atoms with Crippen LogP contribution in [0.4, 0.5) is 0 Å². The summed E-state index contributed by atoms with van der Waals surface area (Å²) in [6.07, 6.45) is 5.43. The molecule has 0 spiro atoms. The van der Waals surface area contributed by atoms with E-state index >= 15 is 0 Å². The molecule has 0 aliphatic carbocycles. The summed E-state index contributed by atoms with van der Waals surface area (Å²) in [5.41, 5.74) is 4.13. The highest BCUT2D eigenvalue weighted by Crippen LogP contribution is 2.24. The maximum absolute atomic E-state index is 3.64. The highest BCUT2D eigenvalue weighted by atomic mass is 15.3. The molecule has 1 atom stereocenters. The van der Waals surface area contributed by atoms with Crippen molar-refractivity contribution in [2.45, 2.75) is 44.8 Å². The van der Waals surface area contributed by atoms with Gasteiger partial charge in [-0.1, -0.05) is 6.07 Å². The third kappa shape index (κ3) is 4.69. The molecule has 5 heteroatoms. The highest BCUT2D eigenvalue weighted by Gasteiger charge is 2.27. The molecule has 3 fully saturated rings. The lowest BCUT2D eigenvalue weighted by Gasteiger charge is -2.36. The van der Waals surface area contributed by atoms with Crippen LogP contribution in [0.25, 0.3) is 10.9 Å². The van der Waals surface area contributed by atoms with Crippen LogP contribution in [0, 0.1) is 0 Å². The van der Waals surface area contributed by atoms with Crippen molar-refractivity contribution >= 4 is 10.9 Å². The first-order chi connectivity index (χ1) is 14.2. The van der Waals surface area contributed by atoms with Crippen LogP contribution in [0.3, 0.4) is 0 Å². The van der Waals surface area contributed by atoms with Crippen molar-refractivity contribution in [3.8, 4) is 0 Å². The lowest BCUT2D eigenvalue weighted by atomic mass is 10.1. The van der Waals surface area contributed by atoms with E-state index in [0.717, 1.165) is 19.1 Å². The maximum atomic E-state index is 3.64. The summed E-state index contributed by atoms with van der Waals surface area (Å²) in [6, 6.07) is 10.2. The van der Waals surface area contributed by atoms with Gasteiger partial charge in [-0.05, 0) is 76.1 Å². The summed E-state index contributed by atoms with van der Waals surface area (Å²) in [5.74, 6) is 0. The first-order valence-electron chi connectivity index (χ1n) is 11.7. The summed E-state index contributed by atoms with van der Waals surface area (Å²) in [4.78, 5) is 14.1. The fourth-order valence-corrected chi connectivity index (χ4v) is 5.48. The van der Waals surface area contributed by atoms with Crippen LogP contribution in [0.2, 0.25) is 0 Å². The van der Waals surface area contributed by atoms with Gasteiger partial charge < -0.3 is 9.88 Å². The van der Waals surface area contributed by atoms with Crippen molar-refractivity contribution in [1.29, 1.82) is 0 Å². The standard InChI is InChI=1S/C24H37N5/c1-26-11-13-28(14-12-26)19-23-5-4-10-29(23)17-20-6-7-24-21(15-20)16-22(25-24)18-27-8-2-3-9-27/h6-7,15-16,23,25H,2-5,8-14,17-19H2,1H3. The van der Waals surface area contributed by atoms with Crippen LogP contribution in [0.15, 0.2) is 24.3 Å². The number of hydrogen-bond donors (Lipinski definition) is 1. The van der Waals surface area contributed by atoms with Gasteiger partial charge in [-0.2, -0.15) is 0 Å². The number of nitrogens with zero attached hydrogens (tertiary/aromatic N) is 4. The summed E-state index contributed by atoms with van der Waals surface area (Å²) < 4.78 is 0. The predicted octanol–water partition coefficient (Wildman–Crippen LogP) is 2.98. The van der Waals surface area contributed by atoms with E-state index in [2.05, 4.69) is 55.9 Å². The molecule has 3 saturated heterocycles. The Morgan fingerprint density at radius 3 is 2.52 bits per heavy atom. The Morgan fingerprint density at radius 1 is 0.862 bits per heavy atom. The molecule has 29 heavy (non-hydrogen) atoms. The Morgan fingerprint density at radius 2 is 1.69 bits per heavy atom. The number of hydrogen-bond acceptors (Lipinski definition) is 4. The minimum Gasteiger partial charge on any atom is -0.357 e. The van der Waals surface area contributed by atoms with Crippen LogP contribution in [-0.4, -0.2) is 90.0 Å². The van der Waals surface area contributed by atoms with Crippen molar-refractivity contribution in [3.05, 3.63) is 35.5 Å². The highest BCUT2D eigenvalue weighted by molar-refractivity contribution is 5.81. The molecule has 3 aliphatic heterocycles. The molecular formula is C24H37N5. The van der Waals surface area contributed by atoms with Gasteiger partial charge >= 0.3 is 0 Å². The molecule has 0 radical (unpaired) electrons. The number of aromatic amines is 1. The van der Waals surface area contributed by atoms with Gasteiger partial charge in [0.25, 0.3) is 0 Å². The van der Waals surface area contributed by atoms with Crippen LogP contribution in [-0.2, 0) is 13.1 Å². The first kappa shape index (κ1) is 19.6. The minimum atomic E-state index is 0.728. The number of aromatic nitrogens is 1. The molecule has 0 bridgehead atoms. The van der Waals surface area contributed by atoms with Gasteiger partial charge in [0.1, 0.15) is 0 Å². The number of benzene rings is 1. The molecule has 0 amide bonds. The first-order valence-corrected chi connectivity index (χ1v) is 11.7. The second-order valence-electron chi connectivity index (χ2n) is 9.57. The third-order valence-electron chi connectivity index (χ3n) is 7.28. The number of rotatable bonds is 6. The number of H-pyrrole nitrogens is 1. The van der Waals surface area contributed by atoms with Gasteiger partial charge in [-0.25, -0.2) is 0 Å². The predicted molar refractivity (Wildman–Crippen MR) is 120 cm³/mol. The number of piperazine rings is 1. The average Bonchev–Trinajstić information content (AvgIpc) is 3.46. The Hall–Kier alpha value is -1.40. The third-order valence-corrected chi connectivity index (χ3v) is 7.28. The molecule has 1 unspecified atom stereocenters. The monoisotopic (exact) mass is 395 g/mol. The Kier molecular flexibility index (Phi) is 5.91. The number of likely N-dealkylation sites (N-methyl/N-ethyl adjacent to an activating group) is 1.